The molecule has 0 bridgehead atoms. The van der Waals surface area contributed by atoms with Gasteiger partial charge in [0.15, 0.2) is 6.29 Å². The SMILES string of the molecule is CCCCCCCCCC/C=C/CC/C=C/C(O)C(COC1OC(CO)C(O)C(O)C1O)NC(=O)CCCCCCCCCCC/C=C\C/C=C\CCCCCCCCCCC. The Hall–Kier alpha value is -1.85. The molecule has 0 aromatic rings. The molecule has 6 N–H and O–H groups in total. The summed E-state index contributed by atoms with van der Waals surface area (Å²) in [5.74, 6) is -0.192. The summed E-state index contributed by atoms with van der Waals surface area (Å²) >= 11 is 0. The summed E-state index contributed by atoms with van der Waals surface area (Å²) in [6.45, 7) is 3.75. The number of allylic oxidation sites excluding steroid dienone is 7. The fourth-order valence-corrected chi connectivity index (χ4v) is 7.97. The molecule has 9 heteroatoms. The number of nitrogens with one attached hydrogen (secondary N) is 1. The van der Waals surface area contributed by atoms with E-state index >= 15 is 0 Å². The van der Waals surface area contributed by atoms with Crippen LogP contribution in [0.25, 0.3) is 0 Å². The minimum absolute atomic E-state index is 0.192. The van der Waals surface area contributed by atoms with Gasteiger partial charge in [-0.25, -0.2) is 0 Å². The van der Waals surface area contributed by atoms with E-state index in [2.05, 4.69) is 55.6 Å². The van der Waals surface area contributed by atoms with Gasteiger partial charge in [0.1, 0.15) is 24.4 Å². The molecule has 0 saturated carbocycles. The van der Waals surface area contributed by atoms with E-state index < -0.39 is 49.5 Å². The lowest BCUT2D eigenvalue weighted by Crippen LogP contribution is -2.60. The highest BCUT2D eigenvalue weighted by molar-refractivity contribution is 5.76. The number of aliphatic hydroxyl groups excluding tert-OH is 5. The van der Waals surface area contributed by atoms with Crippen LogP contribution in [-0.4, -0.2) is 87.5 Å². The van der Waals surface area contributed by atoms with Gasteiger partial charge in [0.25, 0.3) is 0 Å². The van der Waals surface area contributed by atoms with Gasteiger partial charge in [0.2, 0.25) is 5.91 Å². The van der Waals surface area contributed by atoms with Crippen molar-refractivity contribution in [3.63, 3.8) is 0 Å². The van der Waals surface area contributed by atoms with E-state index in [0.717, 1.165) is 44.9 Å². The number of hydrogen-bond acceptors (Lipinski definition) is 8. The highest BCUT2D eigenvalue weighted by atomic mass is 16.7. The van der Waals surface area contributed by atoms with E-state index in [9.17, 15) is 30.3 Å². The van der Waals surface area contributed by atoms with Crippen molar-refractivity contribution < 1.29 is 39.8 Å². The number of aliphatic hydroxyl groups is 5. The third-order valence-corrected chi connectivity index (χ3v) is 12.1. The molecule has 7 unspecified atom stereocenters. The van der Waals surface area contributed by atoms with Gasteiger partial charge in [-0.05, 0) is 64.2 Å². The molecule has 1 saturated heterocycles. The first-order valence-electron chi connectivity index (χ1n) is 25.9. The van der Waals surface area contributed by atoms with Gasteiger partial charge in [-0.1, -0.05) is 204 Å². The number of rotatable bonds is 43. The standard InChI is InChI=1S/C53H97NO8/c1-3-5-7-9-11-13-15-17-19-20-21-22-23-24-25-26-27-28-29-31-33-35-37-39-41-43-49(57)54-46(45-61-53-52(60)51(59)50(58)48(44-55)62-53)47(56)42-40-38-36-34-32-30-18-16-14-12-10-8-6-4-2/h21-22,24-25,32,34,40,42,46-48,50-53,55-56,58-60H,3-20,23,26-31,33,35-39,41,43-45H2,1-2H3,(H,54,57)/b22-21-,25-24-,34-32+,42-40+. The van der Waals surface area contributed by atoms with E-state index in [1.54, 1.807) is 6.08 Å². The fourth-order valence-electron chi connectivity index (χ4n) is 7.97. The van der Waals surface area contributed by atoms with Crippen molar-refractivity contribution in [1.29, 1.82) is 0 Å². The fraction of sp³-hybridized carbons (Fsp3) is 0.830. The summed E-state index contributed by atoms with van der Waals surface area (Å²) in [4.78, 5) is 13.0. The molecule has 0 spiro atoms. The Morgan fingerprint density at radius 1 is 0.548 bits per heavy atom. The molecule has 0 aromatic heterocycles. The molecule has 1 heterocycles. The quantitative estimate of drug-likeness (QED) is 0.0262. The van der Waals surface area contributed by atoms with Crippen LogP contribution in [0, 0.1) is 0 Å². The van der Waals surface area contributed by atoms with Gasteiger partial charge in [-0.3, -0.25) is 4.79 Å². The molecular weight excluding hydrogens is 779 g/mol. The summed E-state index contributed by atoms with van der Waals surface area (Å²) in [5, 5.41) is 54.3. The van der Waals surface area contributed by atoms with E-state index in [-0.39, 0.29) is 12.5 Å². The second kappa shape index (κ2) is 43.1. The van der Waals surface area contributed by atoms with Crippen molar-refractivity contribution in [1.82, 2.24) is 5.32 Å². The number of hydrogen-bond donors (Lipinski definition) is 6. The molecule has 1 fully saturated rings. The maximum atomic E-state index is 13.0. The lowest BCUT2D eigenvalue weighted by atomic mass is 9.99. The monoisotopic (exact) mass is 876 g/mol. The van der Waals surface area contributed by atoms with Gasteiger partial charge in [-0.15, -0.1) is 0 Å². The van der Waals surface area contributed by atoms with E-state index in [0.29, 0.717) is 6.42 Å². The predicted octanol–water partition coefficient (Wildman–Crippen LogP) is 11.8. The van der Waals surface area contributed by atoms with Crippen LogP contribution in [-0.2, 0) is 14.3 Å². The highest BCUT2D eigenvalue weighted by Gasteiger charge is 2.44. The zero-order chi connectivity index (χ0) is 45.1. The minimum Gasteiger partial charge on any atom is -0.394 e. The first-order valence-corrected chi connectivity index (χ1v) is 25.9. The molecule has 1 amide bonds. The summed E-state index contributed by atoms with van der Waals surface area (Å²) in [5.41, 5.74) is 0. The molecule has 1 rings (SSSR count). The molecule has 0 aliphatic carbocycles. The maximum Gasteiger partial charge on any atom is 0.220 e. The van der Waals surface area contributed by atoms with Gasteiger partial charge in [0.05, 0.1) is 25.4 Å². The first kappa shape index (κ1) is 58.2. The third kappa shape index (κ3) is 32.8. The number of carbonyl (C=O) groups is 1. The minimum atomic E-state index is -1.57. The van der Waals surface area contributed by atoms with E-state index in [1.165, 1.54) is 161 Å². The summed E-state index contributed by atoms with van der Waals surface area (Å²) in [6, 6.07) is -0.824. The third-order valence-electron chi connectivity index (χ3n) is 12.1. The molecular formula is C53H97NO8. The Morgan fingerprint density at radius 3 is 1.45 bits per heavy atom. The Kier molecular flexibility index (Phi) is 40.4. The van der Waals surface area contributed by atoms with Crippen LogP contribution in [0.2, 0.25) is 0 Å². The van der Waals surface area contributed by atoms with E-state index in [1.807, 2.05) is 6.08 Å². The lowest BCUT2D eigenvalue weighted by molar-refractivity contribution is -0.302. The second-order valence-electron chi connectivity index (χ2n) is 18.0. The van der Waals surface area contributed by atoms with Gasteiger partial charge < -0.3 is 40.3 Å². The second-order valence-corrected chi connectivity index (χ2v) is 18.0. The molecule has 62 heavy (non-hydrogen) atoms. The van der Waals surface area contributed by atoms with E-state index in [4.69, 9.17) is 9.47 Å². The average Bonchev–Trinajstić information content (AvgIpc) is 3.27. The highest BCUT2D eigenvalue weighted by Crippen LogP contribution is 2.23. The largest absolute Gasteiger partial charge is 0.394 e. The van der Waals surface area contributed by atoms with Crippen LogP contribution >= 0.6 is 0 Å². The van der Waals surface area contributed by atoms with Gasteiger partial charge in [-0.2, -0.15) is 0 Å². The van der Waals surface area contributed by atoms with Crippen molar-refractivity contribution in [2.24, 2.45) is 0 Å². The Balaban J connectivity index is 2.27. The van der Waals surface area contributed by atoms with Crippen molar-refractivity contribution in [3.05, 3.63) is 48.6 Å². The maximum absolute atomic E-state index is 13.0. The zero-order valence-electron chi connectivity index (χ0n) is 39.9. The van der Waals surface area contributed by atoms with Crippen LogP contribution in [0.4, 0.5) is 0 Å². The van der Waals surface area contributed by atoms with Crippen LogP contribution in [0.5, 0.6) is 0 Å². The molecule has 362 valence electrons. The van der Waals surface area contributed by atoms with Crippen molar-refractivity contribution in [3.8, 4) is 0 Å². The van der Waals surface area contributed by atoms with Crippen LogP contribution < -0.4 is 5.32 Å². The van der Waals surface area contributed by atoms with Crippen LogP contribution in [0.3, 0.4) is 0 Å². The Morgan fingerprint density at radius 2 is 0.968 bits per heavy atom. The van der Waals surface area contributed by atoms with Crippen molar-refractivity contribution in [2.75, 3.05) is 13.2 Å². The smallest absolute Gasteiger partial charge is 0.220 e. The van der Waals surface area contributed by atoms with Gasteiger partial charge in [0, 0.05) is 6.42 Å². The van der Waals surface area contributed by atoms with Crippen LogP contribution in [0.1, 0.15) is 226 Å². The molecule has 0 aromatic carbocycles. The molecule has 1 aliphatic rings. The summed E-state index contributed by atoms with van der Waals surface area (Å²) < 4.78 is 11.2. The molecule has 0 radical (unpaired) electrons. The van der Waals surface area contributed by atoms with Crippen LogP contribution in [0.15, 0.2) is 48.6 Å². The number of unbranched alkanes of at least 4 members (excludes halogenated alkanes) is 27. The zero-order valence-corrected chi connectivity index (χ0v) is 39.9. The molecule has 7 atom stereocenters. The van der Waals surface area contributed by atoms with Crippen molar-refractivity contribution >= 4 is 5.91 Å². The topological polar surface area (TPSA) is 149 Å². The Bertz CT molecular complexity index is 1110. The Labute approximate surface area is 380 Å². The molecule has 1 aliphatic heterocycles. The number of ether oxygens (including phenoxy) is 2. The lowest BCUT2D eigenvalue weighted by Gasteiger charge is -2.40. The summed E-state index contributed by atoms with van der Waals surface area (Å²) in [7, 11) is 0. The summed E-state index contributed by atoms with van der Waals surface area (Å²) in [6.07, 6.45) is 48.8. The number of amides is 1. The van der Waals surface area contributed by atoms with Gasteiger partial charge >= 0.3 is 0 Å². The van der Waals surface area contributed by atoms with Crippen molar-refractivity contribution in [2.45, 2.75) is 269 Å². The number of carbonyl (C=O) groups excluding carboxylic acids is 1. The first-order chi connectivity index (χ1) is 30.3. The molecule has 9 nitrogen and oxygen atoms in total. The normalized spacial score (nSPS) is 20.7. The average molecular weight is 876 g/mol. The predicted molar refractivity (Wildman–Crippen MR) is 258 cm³/mol.